The van der Waals surface area contributed by atoms with E-state index in [0.29, 0.717) is 17.4 Å². The van der Waals surface area contributed by atoms with E-state index in [2.05, 4.69) is 20.2 Å². The molecule has 2 N–H and O–H groups in total. The standard InChI is InChI=1S/C21H18N6OS/c1-27-19(11-14-7-3-2-4-8-14)25-26-21(27)29-13-18(28)15(12-22)20-23-16-9-5-6-10-17(16)24-20/h2-10,28H,11,13H2,1H3,(H,23,24)/b18-15-. The number of nitriles is 1. The van der Waals surface area contributed by atoms with Crippen molar-refractivity contribution in [1.82, 2.24) is 24.7 Å². The Kier molecular flexibility index (Phi) is 5.31. The van der Waals surface area contributed by atoms with Crippen LogP contribution in [0.2, 0.25) is 0 Å². The zero-order valence-electron chi connectivity index (χ0n) is 15.7. The van der Waals surface area contributed by atoms with Gasteiger partial charge in [-0.3, -0.25) is 0 Å². The second-order valence-corrected chi connectivity index (χ2v) is 7.39. The summed E-state index contributed by atoms with van der Waals surface area (Å²) in [5.41, 5.74) is 2.84. The van der Waals surface area contributed by atoms with Gasteiger partial charge in [0.25, 0.3) is 0 Å². The lowest BCUT2D eigenvalue weighted by Gasteiger charge is -2.05. The topological polar surface area (TPSA) is 103 Å². The van der Waals surface area contributed by atoms with E-state index in [9.17, 15) is 10.4 Å². The number of fused-ring (bicyclic) bond motifs is 1. The molecule has 2 heterocycles. The molecule has 0 saturated carbocycles. The summed E-state index contributed by atoms with van der Waals surface area (Å²) in [5.74, 6) is 1.33. The Morgan fingerprint density at radius 2 is 1.90 bits per heavy atom. The number of allylic oxidation sites excluding steroid dienone is 1. The highest BCUT2D eigenvalue weighted by Crippen LogP contribution is 2.24. The Morgan fingerprint density at radius 3 is 2.66 bits per heavy atom. The first kappa shape index (κ1) is 18.8. The summed E-state index contributed by atoms with van der Waals surface area (Å²) >= 11 is 1.32. The van der Waals surface area contributed by atoms with Crippen molar-refractivity contribution < 1.29 is 5.11 Å². The van der Waals surface area contributed by atoms with Crippen LogP contribution in [0.1, 0.15) is 17.2 Å². The van der Waals surface area contributed by atoms with Crippen LogP contribution in [0.4, 0.5) is 0 Å². The van der Waals surface area contributed by atoms with Gasteiger partial charge in [-0.2, -0.15) is 5.26 Å². The van der Waals surface area contributed by atoms with Gasteiger partial charge in [0.15, 0.2) is 11.0 Å². The van der Waals surface area contributed by atoms with Gasteiger partial charge in [-0.05, 0) is 17.7 Å². The Labute approximate surface area is 171 Å². The molecule has 0 aliphatic carbocycles. The molecule has 0 atom stereocenters. The number of aliphatic hydroxyl groups is 1. The lowest BCUT2D eigenvalue weighted by molar-refractivity contribution is 0.420. The van der Waals surface area contributed by atoms with Crippen LogP contribution in [0.5, 0.6) is 0 Å². The van der Waals surface area contributed by atoms with Crippen LogP contribution < -0.4 is 0 Å². The second kappa shape index (κ2) is 8.20. The van der Waals surface area contributed by atoms with Gasteiger partial charge in [0, 0.05) is 13.5 Å². The van der Waals surface area contributed by atoms with E-state index >= 15 is 0 Å². The largest absolute Gasteiger partial charge is 0.510 e. The number of H-pyrrole nitrogens is 1. The van der Waals surface area contributed by atoms with Gasteiger partial charge in [-0.25, -0.2) is 4.98 Å². The molecule has 4 aromatic rings. The summed E-state index contributed by atoms with van der Waals surface area (Å²) in [5, 5.41) is 29.2. The number of thioether (sulfide) groups is 1. The molecule has 0 aliphatic heterocycles. The lowest BCUT2D eigenvalue weighted by atomic mass is 10.1. The second-order valence-electron chi connectivity index (χ2n) is 6.44. The summed E-state index contributed by atoms with van der Waals surface area (Å²) in [7, 11) is 1.89. The number of hydrogen-bond acceptors (Lipinski definition) is 6. The summed E-state index contributed by atoms with van der Waals surface area (Å²) in [6, 6.07) is 19.6. The highest BCUT2D eigenvalue weighted by molar-refractivity contribution is 7.99. The van der Waals surface area contributed by atoms with Gasteiger partial charge >= 0.3 is 0 Å². The van der Waals surface area contributed by atoms with Crippen LogP contribution in [-0.2, 0) is 13.5 Å². The third-order valence-corrected chi connectivity index (χ3v) is 5.53. The number of rotatable bonds is 6. The fourth-order valence-corrected chi connectivity index (χ4v) is 3.74. The zero-order valence-corrected chi connectivity index (χ0v) is 16.5. The number of nitrogens with zero attached hydrogens (tertiary/aromatic N) is 5. The number of imidazole rings is 1. The Morgan fingerprint density at radius 1 is 1.14 bits per heavy atom. The smallest absolute Gasteiger partial charge is 0.191 e. The summed E-state index contributed by atoms with van der Waals surface area (Å²) in [4.78, 5) is 7.46. The number of hydrogen-bond donors (Lipinski definition) is 2. The van der Waals surface area contributed by atoms with E-state index in [0.717, 1.165) is 22.4 Å². The molecule has 0 amide bonds. The molecule has 2 aromatic carbocycles. The quantitative estimate of drug-likeness (QED) is 0.288. The molecule has 2 aromatic heterocycles. The molecule has 0 aliphatic rings. The number of para-hydroxylation sites is 2. The molecule has 0 spiro atoms. The number of nitrogens with one attached hydrogen (secondary N) is 1. The van der Waals surface area contributed by atoms with Gasteiger partial charge in [-0.15, -0.1) is 10.2 Å². The van der Waals surface area contributed by atoms with Gasteiger partial charge < -0.3 is 14.7 Å². The van der Waals surface area contributed by atoms with Gasteiger partial charge in [0.1, 0.15) is 23.2 Å². The van der Waals surface area contributed by atoms with Crippen LogP contribution in [0.3, 0.4) is 0 Å². The first-order valence-corrected chi connectivity index (χ1v) is 9.96. The molecular weight excluding hydrogens is 384 g/mol. The van der Waals surface area contributed by atoms with Crippen LogP contribution in [0, 0.1) is 11.3 Å². The van der Waals surface area contributed by atoms with Crippen LogP contribution in [-0.4, -0.2) is 35.6 Å². The minimum atomic E-state index is -0.0517. The zero-order chi connectivity index (χ0) is 20.2. The third-order valence-electron chi connectivity index (χ3n) is 4.49. The third kappa shape index (κ3) is 4.00. The van der Waals surface area contributed by atoms with E-state index in [-0.39, 0.29) is 17.1 Å². The molecule has 0 bridgehead atoms. The minimum Gasteiger partial charge on any atom is -0.510 e. The first-order valence-electron chi connectivity index (χ1n) is 8.98. The molecule has 8 heteroatoms. The molecule has 0 unspecified atom stereocenters. The molecule has 144 valence electrons. The Balaban J connectivity index is 1.51. The van der Waals surface area contributed by atoms with Gasteiger partial charge in [0.2, 0.25) is 0 Å². The fraction of sp³-hybridized carbons (Fsp3) is 0.143. The molecule has 0 saturated heterocycles. The van der Waals surface area contributed by atoms with E-state index in [1.54, 1.807) is 0 Å². The van der Waals surface area contributed by atoms with Crippen molar-refractivity contribution >= 4 is 28.4 Å². The van der Waals surface area contributed by atoms with Crippen LogP contribution in [0.25, 0.3) is 16.6 Å². The SMILES string of the molecule is Cn1c(Cc2ccccc2)nnc1SC/C(O)=C(\C#N)c1nc2ccccc2[nH]1. The number of benzene rings is 2. The highest BCUT2D eigenvalue weighted by atomic mass is 32.2. The fourth-order valence-electron chi connectivity index (χ4n) is 2.93. The minimum absolute atomic E-state index is 0.0517. The monoisotopic (exact) mass is 402 g/mol. The lowest BCUT2D eigenvalue weighted by Crippen LogP contribution is -2.01. The van der Waals surface area contributed by atoms with Crippen molar-refractivity contribution in [3.05, 3.63) is 77.6 Å². The predicted octanol–water partition coefficient (Wildman–Crippen LogP) is 3.87. The maximum atomic E-state index is 10.5. The average Bonchev–Trinajstić information content (AvgIpc) is 3.31. The summed E-state index contributed by atoms with van der Waals surface area (Å²) < 4.78 is 1.90. The van der Waals surface area contributed by atoms with Crippen molar-refractivity contribution in [2.24, 2.45) is 7.05 Å². The van der Waals surface area contributed by atoms with E-state index in [4.69, 9.17) is 0 Å². The molecule has 29 heavy (non-hydrogen) atoms. The van der Waals surface area contributed by atoms with E-state index < -0.39 is 0 Å². The van der Waals surface area contributed by atoms with Crippen molar-refractivity contribution in [1.29, 1.82) is 5.26 Å². The molecule has 0 radical (unpaired) electrons. The maximum Gasteiger partial charge on any atom is 0.191 e. The van der Waals surface area contributed by atoms with Crippen molar-refractivity contribution in [3.63, 3.8) is 0 Å². The number of aliphatic hydroxyl groups excluding tert-OH is 1. The number of aromatic amines is 1. The van der Waals surface area contributed by atoms with E-state index in [1.165, 1.54) is 11.8 Å². The van der Waals surface area contributed by atoms with Crippen molar-refractivity contribution in [2.75, 3.05) is 5.75 Å². The van der Waals surface area contributed by atoms with Crippen molar-refractivity contribution in [3.8, 4) is 6.07 Å². The summed E-state index contributed by atoms with van der Waals surface area (Å²) in [6.45, 7) is 0. The molecule has 0 fully saturated rings. The normalized spacial score (nSPS) is 12.0. The van der Waals surface area contributed by atoms with Crippen LogP contribution >= 0.6 is 11.8 Å². The van der Waals surface area contributed by atoms with Crippen LogP contribution in [0.15, 0.2) is 65.5 Å². The predicted molar refractivity (Wildman–Crippen MR) is 112 cm³/mol. The van der Waals surface area contributed by atoms with E-state index in [1.807, 2.05) is 72.3 Å². The number of aromatic nitrogens is 5. The van der Waals surface area contributed by atoms with Gasteiger partial charge in [0.05, 0.1) is 16.8 Å². The Bertz CT molecular complexity index is 1190. The maximum absolute atomic E-state index is 10.5. The highest BCUT2D eigenvalue weighted by Gasteiger charge is 2.16. The first-order chi connectivity index (χ1) is 14.2. The van der Waals surface area contributed by atoms with Crippen molar-refractivity contribution in [2.45, 2.75) is 11.6 Å². The summed E-state index contributed by atoms with van der Waals surface area (Å²) in [6.07, 6.45) is 0.676. The Hall–Kier alpha value is -3.57. The molecule has 7 nitrogen and oxygen atoms in total. The van der Waals surface area contributed by atoms with Gasteiger partial charge in [-0.1, -0.05) is 54.2 Å². The molecule has 4 rings (SSSR count). The average molecular weight is 402 g/mol. The molecular formula is C21H18N6OS.